The quantitative estimate of drug-likeness (QED) is 0.761. The number of nitrogens with one attached hydrogen (secondary N) is 1. The maximum atomic E-state index is 12.3. The number of fused-ring (bicyclic) bond motifs is 1. The first-order valence-corrected chi connectivity index (χ1v) is 8.57. The van der Waals surface area contributed by atoms with E-state index >= 15 is 0 Å². The van der Waals surface area contributed by atoms with Crippen molar-refractivity contribution in [3.05, 3.63) is 48.0 Å². The highest BCUT2D eigenvalue weighted by Crippen LogP contribution is 2.26. The van der Waals surface area contributed by atoms with Crippen molar-refractivity contribution >= 4 is 28.6 Å². The predicted octanol–water partition coefficient (Wildman–Crippen LogP) is 2.73. The third-order valence-electron chi connectivity index (χ3n) is 4.21. The lowest BCUT2D eigenvalue weighted by atomic mass is 9.96. The number of aliphatic carboxylic acids is 1. The van der Waals surface area contributed by atoms with Gasteiger partial charge in [0.1, 0.15) is 0 Å². The summed E-state index contributed by atoms with van der Waals surface area (Å²) in [6, 6.07) is 12.7. The number of carboxylic acids is 1. The van der Waals surface area contributed by atoms with Crippen LogP contribution in [0.2, 0.25) is 0 Å². The van der Waals surface area contributed by atoms with Crippen molar-refractivity contribution < 1.29 is 19.5 Å². The summed E-state index contributed by atoms with van der Waals surface area (Å²) in [6.45, 7) is 0. The summed E-state index contributed by atoms with van der Waals surface area (Å²) in [5.74, 6) is -1.27. The number of carboxylic acid groups (broad SMARTS) is 1. The molecule has 0 saturated heterocycles. The largest absolute Gasteiger partial charge is 0.481 e. The highest BCUT2D eigenvalue weighted by molar-refractivity contribution is 5.87. The standard InChI is InChI=1S/C20H24N2O4/c1-22(2)19(24)12-6-11-18(23)21-17(13-20(25)26)16-10-5-8-14-7-3-4-9-15(14)16/h3-5,7-10,17H,6,11-13H2,1-2H3,(H,21,23)(H,25,26)/t17-/m1/s1. The minimum atomic E-state index is -0.981. The topological polar surface area (TPSA) is 86.7 Å². The molecule has 0 aliphatic heterocycles. The molecule has 0 radical (unpaired) electrons. The smallest absolute Gasteiger partial charge is 0.305 e. The minimum Gasteiger partial charge on any atom is -0.481 e. The lowest BCUT2D eigenvalue weighted by molar-refractivity contribution is -0.137. The zero-order chi connectivity index (χ0) is 19.1. The van der Waals surface area contributed by atoms with Crippen LogP contribution in [0.1, 0.15) is 37.3 Å². The lowest BCUT2D eigenvalue weighted by Crippen LogP contribution is -2.30. The van der Waals surface area contributed by atoms with Crippen molar-refractivity contribution in [2.24, 2.45) is 0 Å². The molecule has 2 amide bonds. The zero-order valence-electron chi connectivity index (χ0n) is 15.1. The molecule has 0 spiro atoms. The molecule has 0 saturated carbocycles. The molecule has 26 heavy (non-hydrogen) atoms. The van der Waals surface area contributed by atoms with Gasteiger partial charge >= 0.3 is 5.97 Å². The first-order chi connectivity index (χ1) is 12.4. The number of carbonyl (C=O) groups is 3. The summed E-state index contributed by atoms with van der Waals surface area (Å²) in [5, 5.41) is 14.0. The third-order valence-corrected chi connectivity index (χ3v) is 4.21. The Labute approximate surface area is 152 Å². The molecule has 2 aromatic rings. The molecule has 2 rings (SSSR count). The van der Waals surface area contributed by atoms with Crippen LogP contribution in [0.4, 0.5) is 0 Å². The number of amides is 2. The summed E-state index contributed by atoms with van der Waals surface area (Å²) in [4.78, 5) is 36.6. The molecule has 6 heteroatoms. The van der Waals surface area contributed by atoms with Crippen molar-refractivity contribution in [3.8, 4) is 0 Å². The predicted molar refractivity (Wildman–Crippen MR) is 99.6 cm³/mol. The highest BCUT2D eigenvalue weighted by atomic mass is 16.4. The monoisotopic (exact) mass is 356 g/mol. The Bertz CT molecular complexity index is 796. The Morgan fingerprint density at radius 2 is 1.73 bits per heavy atom. The van der Waals surface area contributed by atoms with Gasteiger partial charge in [0.05, 0.1) is 12.5 Å². The van der Waals surface area contributed by atoms with E-state index in [0.717, 1.165) is 16.3 Å². The normalized spacial score (nSPS) is 11.8. The summed E-state index contributed by atoms with van der Waals surface area (Å²) in [7, 11) is 3.34. The van der Waals surface area contributed by atoms with Gasteiger partial charge in [0, 0.05) is 26.9 Å². The van der Waals surface area contributed by atoms with Crippen molar-refractivity contribution in [1.29, 1.82) is 0 Å². The number of carbonyl (C=O) groups excluding carboxylic acids is 2. The molecule has 6 nitrogen and oxygen atoms in total. The Morgan fingerprint density at radius 1 is 1.04 bits per heavy atom. The highest BCUT2D eigenvalue weighted by Gasteiger charge is 2.20. The van der Waals surface area contributed by atoms with E-state index < -0.39 is 12.0 Å². The van der Waals surface area contributed by atoms with E-state index in [1.807, 2.05) is 42.5 Å². The molecule has 0 unspecified atom stereocenters. The van der Waals surface area contributed by atoms with E-state index in [1.54, 1.807) is 14.1 Å². The number of nitrogens with zero attached hydrogens (tertiary/aromatic N) is 1. The van der Waals surface area contributed by atoms with Gasteiger partial charge in [-0.15, -0.1) is 0 Å². The lowest BCUT2D eigenvalue weighted by Gasteiger charge is -2.19. The van der Waals surface area contributed by atoms with E-state index in [1.165, 1.54) is 4.90 Å². The Balaban J connectivity index is 2.11. The molecule has 0 heterocycles. The minimum absolute atomic E-state index is 0.0334. The molecule has 2 N–H and O–H groups in total. The van der Waals surface area contributed by atoms with Gasteiger partial charge in [-0.05, 0) is 22.8 Å². The van der Waals surface area contributed by atoms with Gasteiger partial charge in [-0.2, -0.15) is 0 Å². The van der Waals surface area contributed by atoms with Crippen LogP contribution in [0.5, 0.6) is 0 Å². The second-order valence-electron chi connectivity index (χ2n) is 6.43. The number of rotatable bonds is 8. The zero-order valence-corrected chi connectivity index (χ0v) is 15.1. The molecule has 0 fully saturated rings. The van der Waals surface area contributed by atoms with Gasteiger partial charge in [0.15, 0.2) is 0 Å². The van der Waals surface area contributed by atoms with Crippen molar-refractivity contribution in [1.82, 2.24) is 10.2 Å². The maximum absolute atomic E-state index is 12.3. The average molecular weight is 356 g/mol. The Morgan fingerprint density at radius 3 is 2.42 bits per heavy atom. The van der Waals surface area contributed by atoms with E-state index in [9.17, 15) is 19.5 Å². The third kappa shape index (κ3) is 5.31. The summed E-state index contributed by atoms with van der Waals surface area (Å²) in [5.41, 5.74) is 0.781. The van der Waals surface area contributed by atoms with E-state index in [0.29, 0.717) is 6.42 Å². The second-order valence-corrected chi connectivity index (χ2v) is 6.43. The number of benzene rings is 2. The molecule has 0 aliphatic carbocycles. The maximum Gasteiger partial charge on any atom is 0.305 e. The molecule has 0 aliphatic rings. The summed E-state index contributed by atoms with van der Waals surface area (Å²) < 4.78 is 0. The van der Waals surface area contributed by atoms with Crippen molar-refractivity contribution in [3.63, 3.8) is 0 Å². The molecular weight excluding hydrogens is 332 g/mol. The SMILES string of the molecule is CN(C)C(=O)CCCC(=O)N[C@H](CC(=O)O)c1cccc2ccccc12. The van der Waals surface area contributed by atoms with Gasteiger partial charge in [0.2, 0.25) is 11.8 Å². The van der Waals surface area contributed by atoms with Crippen LogP contribution in [0.15, 0.2) is 42.5 Å². The van der Waals surface area contributed by atoms with Crippen LogP contribution in [0.3, 0.4) is 0 Å². The van der Waals surface area contributed by atoms with Crippen LogP contribution in [0.25, 0.3) is 10.8 Å². The van der Waals surface area contributed by atoms with Gasteiger partial charge in [-0.25, -0.2) is 0 Å². The van der Waals surface area contributed by atoms with E-state index in [4.69, 9.17) is 0 Å². The fourth-order valence-corrected chi connectivity index (χ4v) is 2.86. The van der Waals surface area contributed by atoms with Crippen LogP contribution in [0, 0.1) is 0 Å². The van der Waals surface area contributed by atoms with Gasteiger partial charge in [-0.1, -0.05) is 42.5 Å². The molecule has 1 atom stereocenters. The Hall–Kier alpha value is -2.89. The number of hydrogen-bond acceptors (Lipinski definition) is 3. The van der Waals surface area contributed by atoms with Crippen LogP contribution >= 0.6 is 0 Å². The van der Waals surface area contributed by atoms with Gasteiger partial charge in [-0.3, -0.25) is 14.4 Å². The van der Waals surface area contributed by atoms with Gasteiger partial charge in [0.25, 0.3) is 0 Å². The Kier molecular flexibility index (Phi) is 6.72. The molecule has 0 bridgehead atoms. The summed E-state index contributed by atoms with van der Waals surface area (Å²) in [6.07, 6.45) is 0.702. The fraction of sp³-hybridized carbons (Fsp3) is 0.350. The van der Waals surface area contributed by atoms with E-state index in [-0.39, 0.29) is 31.1 Å². The van der Waals surface area contributed by atoms with Crippen LogP contribution in [-0.2, 0) is 14.4 Å². The van der Waals surface area contributed by atoms with Crippen molar-refractivity contribution in [2.75, 3.05) is 14.1 Å². The first-order valence-electron chi connectivity index (χ1n) is 8.57. The van der Waals surface area contributed by atoms with Crippen molar-refractivity contribution in [2.45, 2.75) is 31.7 Å². The second kappa shape index (κ2) is 8.99. The van der Waals surface area contributed by atoms with Gasteiger partial charge < -0.3 is 15.3 Å². The van der Waals surface area contributed by atoms with Crippen LogP contribution < -0.4 is 5.32 Å². The molecule has 138 valence electrons. The summed E-state index contributed by atoms with van der Waals surface area (Å²) >= 11 is 0. The molecule has 2 aromatic carbocycles. The average Bonchev–Trinajstić information content (AvgIpc) is 2.60. The molecular formula is C20H24N2O4. The van der Waals surface area contributed by atoms with Crippen LogP contribution in [-0.4, -0.2) is 41.9 Å². The van der Waals surface area contributed by atoms with E-state index in [2.05, 4.69) is 5.32 Å². The first kappa shape index (κ1) is 19.4. The fourth-order valence-electron chi connectivity index (χ4n) is 2.86. The molecule has 0 aromatic heterocycles. The number of hydrogen-bond donors (Lipinski definition) is 2.